The molecule has 1 aromatic heterocycles. The van der Waals surface area contributed by atoms with Crippen LogP contribution in [0.3, 0.4) is 0 Å². The van der Waals surface area contributed by atoms with Crippen molar-refractivity contribution < 1.29 is 41.0 Å². The third kappa shape index (κ3) is 6.69. The third-order valence-corrected chi connectivity index (χ3v) is 7.44. The second-order valence-electron chi connectivity index (χ2n) is 8.15. The number of fused-ring (bicyclic) bond motifs is 1. The number of sulfonamides is 1. The maximum atomic E-state index is 13.2. The normalized spacial score (nSPS) is 21.9. The van der Waals surface area contributed by atoms with Crippen molar-refractivity contribution in [2.24, 2.45) is 0 Å². The number of carboxylic acids is 1. The van der Waals surface area contributed by atoms with E-state index in [1.807, 2.05) is 24.3 Å². The van der Waals surface area contributed by atoms with Crippen LogP contribution in [0.5, 0.6) is 5.75 Å². The lowest BCUT2D eigenvalue weighted by Crippen LogP contribution is -2.49. The first-order chi connectivity index (χ1) is 16.5. The highest BCUT2D eigenvalue weighted by atomic mass is 32.2. The topological polar surface area (TPSA) is 109 Å². The van der Waals surface area contributed by atoms with Gasteiger partial charge >= 0.3 is 12.1 Å². The molecule has 192 valence electrons. The monoisotopic (exact) mass is 517 g/mol. The number of hydrogen-bond acceptors (Lipinski definition) is 7. The van der Waals surface area contributed by atoms with Gasteiger partial charge in [-0.1, -0.05) is 18.2 Å². The van der Waals surface area contributed by atoms with Gasteiger partial charge in [0.25, 0.3) is 0 Å². The van der Waals surface area contributed by atoms with Crippen LogP contribution in [0, 0.1) is 0 Å². The number of halogens is 3. The molecule has 1 aromatic carbocycles. The molecule has 0 saturated carbocycles. The van der Waals surface area contributed by atoms with Crippen LogP contribution in [0.4, 0.5) is 13.2 Å². The molecule has 0 bridgehead atoms. The summed E-state index contributed by atoms with van der Waals surface area (Å²) in [6, 6.07) is 12.8. The Labute approximate surface area is 201 Å². The first kappa shape index (κ1) is 26.9. The molecule has 35 heavy (non-hydrogen) atoms. The molecule has 1 atom stereocenters. The van der Waals surface area contributed by atoms with E-state index in [-0.39, 0.29) is 4.90 Å². The molecular weight excluding hydrogens is 491 g/mol. The van der Waals surface area contributed by atoms with Crippen molar-refractivity contribution in [1.82, 2.24) is 14.2 Å². The van der Waals surface area contributed by atoms with E-state index in [2.05, 4.69) is 9.88 Å². The number of hydrogen-bond donors (Lipinski definition) is 1. The van der Waals surface area contributed by atoms with Gasteiger partial charge in [0.05, 0.1) is 18.8 Å². The summed E-state index contributed by atoms with van der Waals surface area (Å²) in [6.45, 7) is 3.16. The minimum Gasteiger partial charge on any atom is -0.483 e. The lowest BCUT2D eigenvalue weighted by atomic mass is 10.0. The van der Waals surface area contributed by atoms with Crippen LogP contribution in [0.2, 0.25) is 0 Å². The minimum atomic E-state index is -5.08. The van der Waals surface area contributed by atoms with E-state index >= 15 is 0 Å². The quantitative estimate of drug-likeness (QED) is 0.644. The number of alkyl halides is 3. The zero-order chi connectivity index (χ0) is 25.7. The Morgan fingerprint density at radius 2 is 1.89 bits per heavy atom. The molecule has 0 aliphatic carbocycles. The van der Waals surface area contributed by atoms with Crippen LogP contribution in [-0.2, 0) is 26.1 Å². The van der Waals surface area contributed by atoms with Crippen molar-refractivity contribution in [3.63, 3.8) is 0 Å². The Morgan fingerprint density at radius 3 is 2.51 bits per heavy atom. The number of pyridine rings is 1. The van der Waals surface area contributed by atoms with Gasteiger partial charge in [-0.25, -0.2) is 13.2 Å². The number of carbonyl (C=O) groups is 1. The number of para-hydroxylation sites is 1. The summed E-state index contributed by atoms with van der Waals surface area (Å²) in [7, 11) is -2.06. The van der Waals surface area contributed by atoms with Crippen LogP contribution in [0.15, 0.2) is 53.6 Å². The molecule has 2 aromatic rings. The number of aliphatic carboxylic acids is 1. The van der Waals surface area contributed by atoms with E-state index in [1.54, 1.807) is 31.5 Å². The van der Waals surface area contributed by atoms with E-state index in [0.29, 0.717) is 32.0 Å². The third-order valence-electron chi connectivity index (χ3n) is 5.55. The van der Waals surface area contributed by atoms with Crippen molar-refractivity contribution in [3.05, 3.63) is 54.4 Å². The average molecular weight is 518 g/mol. The molecule has 1 fully saturated rings. The Hall–Kier alpha value is -2.74. The van der Waals surface area contributed by atoms with E-state index in [9.17, 15) is 21.6 Å². The van der Waals surface area contributed by atoms with Gasteiger partial charge < -0.3 is 14.6 Å². The highest BCUT2D eigenvalue weighted by molar-refractivity contribution is 7.89. The maximum absolute atomic E-state index is 13.2. The summed E-state index contributed by atoms with van der Waals surface area (Å²) in [6.07, 6.45) is -2.54. The van der Waals surface area contributed by atoms with Gasteiger partial charge in [0.2, 0.25) is 10.0 Å². The zero-order valence-corrected chi connectivity index (χ0v) is 19.8. The zero-order valence-electron chi connectivity index (χ0n) is 18.9. The maximum Gasteiger partial charge on any atom is 0.490 e. The predicted molar refractivity (Wildman–Crippen MR) is 118 cm³/mol. The minimum absolute atomic E-state index is 0.228. The molecule has 1 spiro atoms. The van der Waals surface area contributed by atoms with Crippen molar-refractivity contribution in [3.8, 4) is 5.75 Å². The molecule has 2 aliphatic heterocycles. The number of ether oxygens (including phenoxy) is 2. The van der Waals surface area contributed by atoms with Crippen LogP contribution < -0.4 is 4.74 Å². The Bertz CT molecular complexity index is 1120. The van der Waals surface area contributed by atoms with Crippen LogP contribution >= 0.6 is 0 Å². The van der Waals surface area contributed by atoms with E-state index in [1.165, 1.54) is 4.31 Å². The number of aromatic nitrogens is 1. The number of likely N-dealkylation sites (tertiary alicyclic amines) is 1. The Morgan fingerprint density at radius 1 is 1.20 bits per heavy atom. The molecule has 13 heteroatoms. The summed E-state index contributed by atoms with van der Waals surface area (Å²) < 4.78 is 71.2. The fraction of sp³-hybridized carbons (Fsp3) is 0.455. The van der Waals surface area contributed by atoms with Gasteiger partial charge in [-0.05, 0) is 24.3 Å². The van der Waals surface area contributed by atoms with Crippen LogP contribution in [-0.4, -0.2) is 85.4 Å². The van der Waals surface area contributed by atoms with Crippen molar-refractivity contribution in [2.45, 2.75) is 29.6 Å². The van der Waals surface area contributed by atoms with E-state index in [4.69, 9.17) is 19.4 Å². The second kappa shape index (κ2) is 10.9. The van der Waals surface area contributed by atoms with Gasteiger partial charge in [-0.15, -0.1) is 0 Å². The van der Waals surface area contributed by atoms with Gasteiger partial charge in [0.15, 0.2) is 0 Å². The SMILES string of the molecule is COCCN1CC2(CCN(Cc3ccccn3)C2)Oc2ccccc2S1(=O)=O.O=C(O)C(F)(F)F. The number of benzene rings is 1. The molecule has 0 amide bonds. The molecule has 3 heterocycles. The molecule has 1 saturated heterocycles. The van der Waals surface area contributed by atoms with Crippen LogP contribution in [0.1, 0.15) is 12.1 Å². The molecule has 1 N–H and O–H groups in total. The lowest BCUT2D eigenvalue weighted by molar-refractivity contribution is -0.192. The number of rotatable bonds is 5. The first-order valence-corrected chi connectivity index (χ1v) is 12.1. The molecule has 4 rings (SSSR count). The number of methoxy groups -OCH3 is 1. The smallest absolute Gasteiger partial charge is 0.483 e. The fourth-order valence-electron chi connectivity index (χ4n) is 3.95. The van der Waals surface area contributed by atoms with E-state index < -0.39 is 27.8 Å². The van der Waals surface area contributed by atoms with Gasteiger partial charge in [-0.2, -0.15) is 17.5 Å². The predicted octanol–water partition coefficient (Wildman–Crippen LogP) is 2.39. The van der Waals surface area contributed by atoms with E-state index in [0.717, 1.165) is 25.2 Å². The largest absolute Gasteiger partial charge is 0.490 e. The Kier molecular flexibility index (Phi) is 8.36. The average Bonchev–Trinajstić information content (AvgIpc) is 3.15. The molecule has 0 radical (unpaired) electrons. The molecule has 2 aliphatic rings. The molecule has 9 nitrogen and oxygen atoms in total. The van der Waals surface area contributed by atoms with Crippen molar-refractivity contribution >= 4 is 16.0 Å². The summed E-state index contributed by atoms with van der Waals surface area (Å²) >= 11 is 0. The van der Waals surface area contributed by atoms with Crippen LogP contribution in [0.25, 0.3) is 0 Å². The fourth-order valence-corrected chi connectivity index (χ4v) is 5.56. The molecular formula is C22H26F3N3O6S. The van der Waals surface area contributed by atoms with Gasteiger partial charge in [0, 0.05) is 45.9 Å². The van der Waals surface area contributed by atoms with Crippen molar-refractivity contribution in [1.29, 1.82) is 0 Å². The van der Waals surface area contributed by atoms with Gasteiger partial charge in [-0.3, -0.25) is 9.88 Å². The lowest BCUT2D eigenvalue weighted by Gasteiger charge is -2.32. The van der Waals surface area contributed by atoms with Crippen molar-refractivity contribution in [2.75, 3.05) is 39.9 Å². The molecule has 1 unspecified atom stereocenters. The highest BCUT2D eigenvalue weighted by Gasteiger charge is 2.47. The number of carboxylic acid groups (broad SMARTS) is 1. The standard InChI is InChI=1S/C20H25N3O4S.C2HF3O2/c1-26-13-12-23-16-20(27-18-7-2-3-8-19(18)28(23,24)25)9-11-22(15-20)14-17-6-4-5-10-21-17;3-2(4,5)1(6)7/h2-8,10H,9,11-16H2,1H3;(H,6,7). The number of nitrogens with zero attached hydrogens (tertiary/aromatic N) is 3. The Balaban J connectivity index is 0.000000429. The first-order valence-electron chi connectivity index (χ1n) is 10.7. The second-order valence-corrected chi connectivity index (χ2v) is 10.1. The summed E-state index contributed by atoms with van der Waals surface area (Å²) in [5.74, 6) is -2.32. The highest BCUT2D eigenvalue weighted by Crippen LogP contribution is 2.38. The summed E-state index contributed by atoms with van der Waals surface area (Å²) in [4.78, 5) is 15.8. The summed E-state index contributed by atoms with van der Waals surface area (Å²) in [5.41, 5.74) is 0.416. The summed E-state index contributed by atoms with van der Waals surface area (Å²) in [5, 5.41) is 7.12. The van der Waals surface area contributed by atoms with Gasteiger partial charge in [0.1, 0.15) is 16.2 Å².